The van der Waals surface area contributed by atoms with Crippen LogP contribution in [0.1, 0.15) is 37.6 Å². The van der Waals surface area contributed by atoms with E-state index in [1.807, 2.05) is 26.8 Å². The molecule has 2 aromatic rings. The minimum Gasteiger partial charge on any atom is -0.488 e. The van der Waals surface area contributed by atoms with Gasteiger partial charge in [0.1, 0.15) is 6.61 Å². The molecule has 0 aliphatic carbocycles. The summed E-state index contributed by atoms with van der Waals surface area (Å²) in [6.45, 7) is 11.0. The number of benzene rings is 1. The topological polar surface area (TPSA) is 31.4 Å². The summed E-state index contributed by atoms with van der Waals surface area (Å²) in [7, 11) is 0. The molecule has 132 valence electrons. The van der Waals surface area contributed by atoms with Gasteiger partial charge < -0.3 is 9.47 Å². The largest absolute Gasteiger partial charge is 0.488 e. The molecule has 0 aliphatic heterocycles. The van der Waals surface area contributed by atoms with Gasteiger partial charge in [-0.25, -0.2) is 9.37 Å². The Morgan fingerprint density at radius 1 is 1.17 bits per heavy atom. The summed E-state index contributed by atoms with van der Waals surface area (Å²) in [6.07, 6.45) is 1.10. The van der Waals surface area contributed by atoms with Crippen molar-refractivity contribution in [2.24, 2.45) is 5.92 Å². The molecule has 24 heavy (non-hydrogen) atoms. The zero-order valence-electron chi connectivity index (χ0n) is 15.1. The van der Waals surface area contributed by atoms with Crippen LogP contribution >= 0.6 is 11.3 Å². The molecule has 0 N–H and O–H groups in total. The molecule has 3 nitrogen and oxygen atoms in total. The van der Waals surface area contributed by atoms with Crippen LogP contribution < -0.4 is 4.74 Å². The maximum atomic E-state index is 14.3. The van der Waals surface area contributed by atoms with E-state index in [1.54, 1.807) is 17.4 Å². The Hall–Kier alpha value is -1.46. The third-order valence-corrected chi connectivity index (χ3v) is 4.39. The van der Waals surface area contributed by atoms with Gasteiger partial charge in [-0.3, -0.25) is 0 Å². The minimum absolute atomic E-state index is 0.146. The molecule has 0 saturated carbocycles. The molecule has 1 aromatic carbocycles. The molecule has 0 saturated heterocycles. The molecular formula is C19H26FNO2S. The third-order valence-electron chi connectivity index (χ3n) is 3.40. The number of halogens is 1. The highest BCUT2D eigenvalue weighted by Crippen LogP contribution is 2.32. The van der Waals surface area contributed by atoms with Gasteiger partial charge in [-0.05, 0) is 51.3 Å². The van der Waals surface area contributed by atoms with Gasteiger partial charge in [0, 0.05) is 10.4 Å². The first-order chi connectivity index (χ1) is 11.4. The van der Waals surface area contributed by atoms with Crippen molar-refractivity contribution in [1.82, 2.24) is 4.98 Å². The van der Waals surface area contributed by atoms with Crippen molar-refractivity contribution >= 4 is 11.3 Å². The number of aryl methyl sites for hydroxylation is 1. The van der Waals surface area contributed by atoms with Crippen molar-refractivity contribution in [1.29, 1.82) is 0 Å². The fourth-order valence-electron chi connectivity index (χ4n) is 2.40. The molecule has 0 spiro atoms. The second-order valence-electron chi connectivity index (χ2n) is 6.52. The average molecular weight is 351 g/mol. The lowest BCUT2D eigenvalue weighted by Crippen LogP contribution is -2.11. The molecule has 5 heteroatoms. The molecule has 0 radical (unpaired) electrons. The monoisotopic (exact) mass is 351 g/mol. The van der Waals surface area contributed by atoms with Crippen LogP contribution in [0.3, 0.4) is 0 Å². The number of rotatable bonds is 8. The quantitative estimate of drug-likeness (QED) is 0.608. The first kappa shape index (κ1) is 18.9. The minimum atomic E-state index is -0.363. The Morgan fingerprint density at radius 3 is 2.54 bits per heavy atom. The van der Waals surface area contributed by atoms with Crippen LogP contribution in [0.15, 0.2) is 18.2 Å². The van der Waals surface area contributed by atoms with Crippen LogP contribution in [0.25, 0.3) is 11.3 Å². The maximum absolute atomic E-state index is 14.3. The smallest absolute Gasteiger partial charge is 0.165 e. The van der Waals surface area contributed by atoms with Crippen molar-refractivity contribution in [3.8, 4) is 17.0 Å². The number of aromatic nitrogens is 1. The summed E-state index contributed by atoms with van der Waals surface area (Å²) in [4.78, 5) is 5.80. The molecule has 0 unspecified atom stereocenters. The van der Waals surface area contributed by atoms with Crippen molar-refractivity contribution in [2.75, 3.05) is 13.2 Å². The SMILES string of the molecule is Cc1nc(-c2ccc(OCCOC(C)C)c(F)c2)c(CC(C)C)s1. The van der Waals surface area contributed by atoms with Gasteiger partial charge in [-0.1, -0.05) is 13.8 Å². The van der Waals surface area contributed by atoms with Crippen molar-refractivity contribution in [3.05, 3.63) is 33.9 Å². The molecule has 0 atom stereocenters. The lowest BCUT2D eigenvalue weighted by Gasteiger charge is -2.11. The summed E-state index contributed by atoms with van der Waals surface area (Å²) in [5, 5.41) is 1.01. The van der Waals surface area contributed by atoms with Crippen LogP contribution in [-0.4, -0.2) is 24.3 Å². The van der Waals surface area contributed by atoms with Gasteiger partial charge in [0.2, 0.25) is 0 Å². The van der Waals surface area contributed by atoms with Crippen molar-refractivity contribution < 1.29 is 13.9 Å². The van der Waals surface area contributed by atoms with Gasteiger partial charge in [0.25, 0.3) is 0 Å². The van der Waals surface area contributed by atoms with E-state index in [0.29, 0.717) is 19.1 Å². The van der Waals surface area contributed by atoms with Crippen LogP contribution in [0.5, 0.6) is 5.75 Å². The zero-order chi connectivity index (χ0) is 17.7. The zero-order valence-corrected chi connectivity index (χ0v) is 15.9. The van der Waals surface area contributed by atoms with Gasteiger partial charge in [-0.15, -0.1) is 11.3 Å². The summed E-state index contributed by atoms with van der Waals surface area (Å²) in [5.41, 5.74) is 1.69. The summed E-state index contributed by atoms with van der Waals surface area (Å²) >= 11 is 1.69. The number of hydrogen-bond acceptors (Lipinski definition) is 4. The van der Waals surface area contributed by atoms with E-state index >= 15 is 0 Å². The predicted molar refractivity (Wildman–Crippen MR) is 97.4 cm³/mol. The highest BCUT2D eigenvalue weighted by atomic mass is 32.1. The normalized spacial score (nSPS) is 11.5. The molecule has 1 aromatic heterocycles. The van der Waals surface area contributed by atoms with Crippen LogP contribution in [0.4, 0.5) is 4.39 Å². The van der Waals surface area contributed by atoms with E-state index in [2.05, 4.69) is 18.8 Å². The molecule has 0 aliphatic rings. The van der Waals surface area contributed by atoms with E-state index in [0.717, 1.165) is 22.7 Å². The van der Waals surface area contributed by atoms with E-state index in [9.17, 15) is 4.39 Å². The molecule has 0 amide bonds. The van der Waals surface area contributed by atoms with E-state index < -0.39 is 0 Å². The highest BCUT2D eigenvalue weighted by molar-refractivity contribution is 7.12. The van der Waals surface area contributed by atoms with Gasteiger partial charge in [0.05, 0.1) is 23.4 Å². The molecule has 0 fully saturated rings. The number of nitrogens with zero attached hydrogens (tertiary/aromatic N) is 1. The fourth-order valence-corrected chi connectivity index (χ4v) is 3.57. The van der Waals surface area contributed by atoms with E-state index in [1.165, 1.54) is 10.9 Å². The first-order valence-electron chi connectivity index (χ1n) is 8.37. The first-order valence-corrected chi connectivity index (χ1v) is 9.19. The second kappa shape index (κ2) is 8.58. The molecule has 1 heterocycles. The third kappa shape index (κ3) is 5.28. The Labute approximate surface area is 147 Å². The Balaban J connectivity index is 2.12. The molecular weight excluding hydrogens is 325 g/mol. The maximum Gasteiger partial charge on any atom is 0.165 e. The van der Waals surface area contributed by atoms with Crippen LogP contribution in [0.2, 0.25) is 0 Å². The lowest BCUT2D eigenvalue weighted by molar-refractivity contribution is 0.0544. The number of ether oxygens (including phenoxy) is 2. The summed E-state index contributed by atoms with van der Waals surface area (Å²) in [6, 6.07) is 5.06. The number of thiazole rings is 1. The standard InChI is InChI=1S/C19H26FNO2S/c1-12(2)10-18-19(21-14(5)24-18)15-6-7-17(16(20)11-15)23-9-8-22-13(3)4/h6-7,11-13H,8-10H2,1-5H3. The molecule has 0 bridgehead atoms. The number of hydrogen-bond donors (Lipinski definition) is 0. The van der Waals surface area contributed by atoms with E-state index in [4.69, 9.17) is 9.47 Å². The van der Waals surface area contributed by atoms with Gasteiger partial charge in [-0.2, -0.15) is 0 Å². The lowest BCUT2D eigenvalue weighted by atomic mass is 10.0. The van der Waals surface area contributed by atoms with Crippen molar-refractivity contribution in [2.45, 2.75) is 47.1 Å². The van der Waals surface area contributed by atoms with Gasteiger partial charge >= 0.3 is 0 Å². The Bertz CT molecular complexity index is 667. The van der Waals surface area contributed by atoms with Crippen LogP contribution in [0, 0.1) is 18.7 Å². The van der Waals surface area contributed by atoms with E-state index in [-0.39, 0.29) is 17.7 Å². The second-order valence-corrected chi connectivity index (χ2v) is 7.80. The van der Waals surface area contributed by atoms with Crippen molar-refractivity contribution in [3.63, 3.8) is 0 Å². The van der Waals surface area contributed by atoms with Gasteiger partial charge in [0.15, 0.2) is 11.6 Å². The van der Waals surface area contributed by atoms with Crippen LogP contribution in [-0.2, 0) is 11.2 Å². The average Bonchev–Trinajstić information content (AvgIpc) is 2.84. The molecule has 2 rings (SSSR count). The predicted octanol–water partition coefficient (Wildman–Crippen LogP) is 5.26. The summed E-state index contributed by atoms with van der Waals surface area (Å²) in [5.74, 6) is 0.429. The highest BCUT2D eigenvalue weighted by Gasteiger charge is 2.15. The Morgan fingerprint density at radius 2 is 1.92 bits per heavy atom. The fraction of sp³-hybridized carbons (Fsp3) is 0.526. The Kier molecular flexibility index (Phi) is 6.75. The summed E-state index contributed by atoms with van der Waals surface area (Å²) < 4.78 is 25.2.